The number of hydrogen-bond acceptors (Lipinski definition) is 5. The van der Waals surface area contributed by atoms with Crippen LogP contribution in [0.15, 0.2) is 74.7 Å². The molecule has 5 rings (SSSR count). The minimum absolute atomic E-state index is 0.174. The van der Waals surface area contributed by atoms with Crippen LogP contribution in [-0.2, 0) is 13.6 Å². The average molecular weight is 441 g/mol. The third-order valence-electron chi connectivity index (χ3n) is 5.77. The lowest BCUT2D eigenvalue weighted by Gasteiger charge is -2.14. The standard InChI is InChI=1S/C26H23N3O4/c1-4-32-19-10-11-22-20(13-19)18(12-24(31)33-22)15-29-23(30)14-21(17-8-6-5-7-9-17)25-16(2)27-28(3)26(25)29/h5-14H,4,15H2,1-3H3. The molecule has 0 radical (unpaired) electrons. The summed E-state index contributed by atoms with van der Waals surface area (Å²) in [6.45, 7) is 4.56. The fourth-order valence-corrected chi connectivity index (χ4v) is 4.41. The fraction of sp³-hybridized carbons (Fsp3) is 0.192. The lowest BCUT2D eigenvalue weighted by Crippen LogP contribution is -2.23. The van der Waals surface area contributed by atoms with Crippen molar-refractivity contribution in [2.24, 2.45) is 7.05 Å². The first-order valence-electron chi connectivity index (χ1n) is 10.8. The van der Waals surface area contributed by atoms with Gasteiger partial charge in [-0.1, -0.05) is 30.3 Å². The molecule has 0 saturated heterocycles. The molecular formula is C26H23N3O4. The van der Waals surface area contributed by atoms with Crippen molar-refractivity contribution < 1.29 is 9.15 Å². The van der Waals surface area contributed by atoms with Crippen LogP contribution in [0.1, 0.15) is 18.2 Å². The van der Waals surface area contributed by atoms with Crippen LogP contribution in [0.4, 0.5) is 0 Å². The Morgan fingerprint density at radius 3 is 2.58 bits per heavy atom. The minimum Gasteiger partial charge on any atom is -0.494 e. The maximum absolute atomic E-state index is 13.4. The van der Waals surface area contributed by atoms with E-state index < -0.39 is 5.63 Å². The molecule has 166 valence electrons. The molecule has 5 aromatic rings. The highest BCUT2D eigenvalue weighted by atomic mass is 16.5. The van der Waals surface area contributed by atoms with Crippen molar-refractivity contribution in [1.29, 1.82) is 0 Å². The summed E-state index contributed by atoms with van der Waals surface area (Å²) in [5.74, 6) is 0.674. The summed E-state index contributed by atoms with van der Waals surface area (Å²) >= 11 is 0. The van der Waals surface area contributed by atoms with Crippen LogP contribution in [0, 0.1) is 6.92 Å². The van der Waals surface area contributed by atoms with Gasteiger partial charge in [-0.2, -0.15) is 5.10 Å². The second-order valence-corrected chi connectivity index (χ2v) is 7.94. The predicted octanol–water partition coefficient (Wildman–Crippen LogP) is 4.26. The summed E-state index contributed by atoms with van der Waals surface area (Å²) in [5.41, 5.74) is 3.81. The van der Waals surface area contributed by atoms with Gasteiger partial charge in [-0.25, -0.2) is 4.79 Å². The quantitative estimate of drug-likeness (QED) is 0.381. The van der Waals surface area contributed by atoms with Gasteiger partial charge in [0, 0.05) is 30.0 Å². The predicted molar refractivity (Wildman–Crippen MR) is 128 cm³/mol. The van der Waals surface area contributed by atoms with Gasteiger partial charge >= 0.3 is 5.63 Å². The Kier molecular flexibility index (Phi) is 5.09. The van der Waals surface area contributed by atoms with Gasteiger partial charge in [0.2, 0.25) is 0 Å². The number of aryl methyl sites for hydroxylation is 2. The van der Waals surface area contributed by atoms with E-state index in [4.69, 9.17) is 9.15 Å². The Morgan fingerprint density at radius 1 is 1.03 bits per heavy atom. The van der Waals surface area contributed by atoms with Gasteiger partial charge in [0.15, 0.2) is 0 Å². The van der Waals surface area contributed by atoms with Gasteiger partial charge in [0.1, 0.15) is 17.0 Å². The lowest BCUT2D eigenvalue weighted by atomic mass is 10.0. The fourth-order valence-electron chi connectivity index (χ4n) is 4.41. The van der Waals surface area contributed by atoms with Crippen LogP contribution in [0.5, 0.6) is 5.75 Å². The number of hydrogen-bond donors (Lipinski definition) is 0. The van der Waals surface area contributed by atoms with E-state index in [1.54, 1.807) is 27.4 Å². The maximum Gasteiger partial charge on any atom is 0.336 e. The van der Waals surface area contributed by atoms with Gasteiger partial charge < -0.3 is 9.15 Å². The van der Waals surface area contributed by atoms with Crippen molar-refractivity contribution in [2.75, 3.05) is 6.61 Å². The molecule has 0 amide bonds. The minimum atomic E-state index is -0.465. The number of ether oxygens (including phenoxy) is 1. The molecule has 0 aliphatic rings. The van der Waals surface area contributed by atoms with E-state index in [-0.39, 0.29) is 12.1 Å². The van der Waals surface area contributed by atoms with Crippen LogP contribution in [0.3, 0.4) is 0 Å². The van der Waals surface area contributed by atoms with E-state index in [9.17, 15) is 9.59 Å². The number of aromatic nitrogens is 3. The molecule has 2 aromatic carbocycles. The van der Waals surface area contributed by atoms with Gasteiger partial charge in [-0.3, -0.25) is 14.0 Å². The Labute approximate surface area is 189 Å². The largest absolute Gasteiger partial charge is 0.494 e. The Balaban J connectivity index is 1.75. The van der Waals surface area contributed by atoms with Crippen molar-refractivity contribution in [3.8, 4) is 16.9 Å². The molecule has 0 saturated carbocycles. The second-order valence-electron chi connectivity index (χ2n) is 7.94. The van der Waals surface area contributed by atoms with Crippen LogP contribution < -0.4 is 15.9 Å². The van der Waals surface area contributed by atoms with Crippen molar-refractivity contribution in [2.45, 2.75) is 20.4 Å². The second kappa shape index (κ2) is 8.09. The van der Waals surface area contributed by atoms with Gasteiger partial charge in [0.25, 0.3) is 5.56 Å². The van der Waals surface area contributed by atoms with Crippen LogP contribution in [0.25, 0.3) is 33.1 Å². The number of benzene rings is 2. The summed E-state index contributed by atoms with van der Waals surface area (Å²) in [6, 6.07) is 18.2. The Morgan fingerprint density at radius 2 is 1.82 bits per heavy atom. The van der Waals surface area contributed by atoms with Crippen molar-refractivity contribution in [3.63, 3.8) is 0 Å². The van der Waals surface area contributed by atoms with Crippen LogP contribution in [0.2, 0.25) is 0 Å². The van der Waals surface area contributed by atoms with E-state index in [0.29, 0.717) is 29.2 Å². The monoisotopic (exact) mass is 441 g/mol. The van der Waals surface area contributed by atoms with E-state index in [1.807, 2.05) is 57.3 Å². The summed E-state index contributed by atoms with van der Waals surface area (Å²) in [7, 11) is 1.82. The van der Waals surface area contributed by atoms with Gasteiger partial charge in [-0.05, 0) is 48.7 Å². The zero-order valence-corrected chi connectivity index (χ0v) is 18.7. The number of rotatable bonds is 5. The molecule has 0 atom stereocenters. The van der Waals surface area contributed by atoms with Gasteiger partial charge in [-0.15, -0.1) is 0 Å². The van der Waals surface area contributed by atoms with E-state index in [1.165, 1.54) is 6.07 Å². The summed E-state index contributed by atoms with van der Waals surface area (Å²) in [6.07, 6.45) is 0. The molecule has 7 nitrogen and oxygen atoms in total. The summed E-state index contributed by atoms with van der Waals surface area (Å²) in [5, 5.41) is 6.23. The molecule has 0 aliphatic heterocycles. The number of pyridine rings is 1. The maximum atomic E-state index is 13.4. The molecule has 0 aliphatic carbocycles. The number of fused-ring (bicyclic) bond motifs is 2. The molecule has 3 heterocycles. The average Bonchev–Trinajstić information content (AvgIpc) is 3.10. The third kappa shape index (κ3) is 3.61. The first-order valence-corrected chi connectivity index (χ1v) is 10.8. The highest BCUT2D eigenvalue weighted by Gasteiger charge is 2.18. The van der Waals surface area contributed by atoms with Crippen molar-refractivity contribution in [3.05, 3.63) is 92.7 Å². The molecule has 0 N–H and O–H groups in total. The van der Waals surface area contributed by atoms with E-state index in [2.05, 4.69) is 5.10 Å². The molecule has 33 heavy (non-hydrogen) atoms. The molecule has 0 spiro atoms. The van der Waals surface area contributed by atoms with Crippen molar-refractivity contribution in [1.82, 2.24) is 14.3 Å². The first-order chi connectivity index (χ1) is 16.0. The van der Waals surface area contributed by atoms with E-state index in [0.717, 1.165) is 27.6 Å². The lowest BCUT2D eigenvalue weighted by molar-refractivity contribution is 0.340. The highest BCUT2D eigenvalue weighted by Crippen LogP contribution is 2.30. The summed E-state index contributed by atoms with van der Waals surface area (Å²) in [4.78, 5) is 25.6. The van der Waals surface area contributed by atoms with Crippen molar-refractivity contribution >= 4 is 22.0 Å². The van der Waals surface area contributed by atoms with Crippen LogP contribution in [-0.4, -0.2) is 21.0 Å². The summed E-state index contributed by atoms with van der Waals surface area (Å²) < 4.78 is 14.4. The van der Waals surface area contributed by atoms with Gasteiger partial charge in [0.05, 0.1) is 18.8 Å². The van der Waals surface area contributed by atoms with E-state index >= 15 is 0 Å². The third-order valence-corrected chi connectivity index (χ3v) is 5.77. The molecule has 7 heteroatoms. The Hall–Kier alpha value is -4.13. The molecule has 0 bridgehead atoms. The highest BCUT2D eigenvalue weighted by molar-refractivity contribution is 5.95. The molecule has 0 unspecified atom stereocenters. The normalized spacial score (nSPS) is 11.4. The number of nitrogens with zero attached hydrogens (tertiary/aromatic N) is 3. The smallest absolute Gasteiger partial charge is 0.336 e. The molecule has 0 fully saturated rings. The SMILES string of the molecule is CCOc1ccc2oc(=O)cc(Cn3c(=O)cc(-c4ccccc4)c4c(C)nn(C)c43)c2c1. The van der Waals surface area contributed by atoms with Crippen LogP contribution >= 0.6 is 0 Å². The first kappa shape index (κ1) is 20.8. The Bertz CT molecular complexity index is 1610. The molecular weight excluding hydrogens is 418 g/mol. The topological polar surface area (TPSA) is 79.3 Å². The zero-order chi connectivity index (χ0) is 23.1. The zero-order valence-electron chi connectivity index (χ0n) is 18.7. The molecule has 3 aromatic heterocycles.